The van der Waals surface area contributed by atoms with Crippen LogP contribution in [0.5, 0.6) is 0 Å². The van der Waals surface area contributed by atoms with Crippen molar-refractivity contribution in [3.63, 3.8) is 0 Å². The Morgan fingerprint density at radius 1 is 1.04 bits per heavy atom. The lowest BCUT2D eigenvalue weighted by Gasteiger charge is -2.29. The molecule has 1 saturated heterocycles. The van der Waals surface area contributed by atoms with E-state index < -0.39 is 0 Å². The molecule has 27 heavy (non-hydrogen) atoms. The van der Waals surface area contributed by atoms with Crippen LogP contribution < -0.4 is 10.9 Å². The number of fused-ring (bicyclic) bond motifs is 2. The van der Waals surface area contributed by atoms with Gasteiger partial charge in [0.15, 0.2) is 0 Å². The van der Waals surface area contributed by atoms with Crippen molar-refractivity contribution in [3.8, 4) is 0 Å². The Hall–Kier alpha value is -3.41. The monoisotopic (exact) mass is 360 g/mol. The molecule has 1 fully saturated rings. The molecule has 6 heteroatoms. The molecule has 0 saturated carbocycles. The maximum Gasteiger partial charge on any atom is 0.262 e. The van der Waals surface area contributed by atoms with E-state index in [9.17, 15) is 9.59 Å². The standard InChI is InChI=1S/C21H20N4O2/c26-20(13-10-15-6-2-1-3-7-15)23-24-21(27)18-11-12-19-22-17-9-5-4-8-16(17)14-25(18)19/h1-10,13,18H,11-12,14H2,(H,23,26)(H,24,27)/t18-/m0/s1. The van der Waals surface area contributed by atoms with Gasteiger partial charge in [0.2, 0.25) is 0 Å². The number of rotatable bonds is 3. The van der Waals surface area contributed by atoms with Crippen LogP contribution in [0.4, 0.5) is 5.69 Å². The van der Waals surface area contributed by atoms with E-state index in [0.29, 0.717) is 13.0 Å². The van der Waals surface area contributed by atoms with E-state index in [1.807, 2.05) is 59.5 Å². The summed E-state index contributed by atoms with van der Waals surface area (Å²) in [5, 5.41) is 0. The molecule has 6 nitrogen and oxygen atoms in total. The number of aliphatic imine (C=N–C) groups is 1. The SMILES string of the molecule is O=C(C=Cc1ccccc1)NNC(=O)[C@@H]1CCC2=Nc3ccccc3CN21. The largest absolute Gasteiger partial charge is 0.344 e. The smallest absolute Gasteiger partial charge is 0.262 e. The first-order valence-corrected chi connectivity index (χ1v) is 8.96. The second-order valence-corrected chi connectivity index (χ2v) is 6.56. The molecule has 0 bridgehead atoms. The summed E-state index contributed by atoms with van der Waals surface area (Å²) in [4.78, 5) is 31.2. The van der Waals surface area contributed by atoms with Gasteiger partial charge in [-0.3, -0.25) is 20.4 Å². The first kappa shape index (κ1) is 17.0. The van der Waals surface area contributed by atoms with Crippen molar-refractivity contribution >= 4 is 29.4 Å². The molecule has 2 aliphatic heterocycles. The fourth-order valence-electron chi connectivity index (χ4n) is 3.40. The normalized spacial score (nSPS) is 17.9. The number of benzene rings is 2. The molecule has 0 aromatic heterocycles. The topological polar surface area (TPSA) is 73.8 Å². The van der Waals surface area contributed by atoms with Gasteiger partial charge in [-0.15, -0.1) is 0 Å². The van der Waals surface area contributed by atoms with Crippen LogP contribution in [-0.2, 0) is 16.1 Å². The minimum absolute atomic E-state index is 0.221. The third-order valence-corrected chi connectivity index (χ3v) is 4.77. The van der Waals surface area contributed by atoms with E-state index in [1.54, 1.807) is 6.08 Å². The van der Waals surface area contributed by atoms with Crippen LogP contribution in [0, 0.1) is 0 Å². The van der Waals surface area contributed by atoms with Crippen molar-refractivity contribution in [2.24, 2.45) is 4.99 Å². The van der Waals surface area contributed by atoms with Gasteiger partial charge in [-0.05, 0) is 29.7 Å². The number of hydrogen-bond donors (Lipinski definition) is 2. The molecule has 136 valence electrons. The molecule has 2 aliphatic rings. The molecule has 0 unspecified atom stereocenters. The molecule has 0 radical (unpaired) electrons. The Bertz CT molecular complexity index is 921. The Labute approximate surface area is 157 Å². The quantitative estimate of drug-likeness (QED) is 0.653. The molecule has 2 aromatic carbocycles. The molecule has 2 aromatic rings. The van der Waals surface area contributed by atoms with Crippen molar-refractivity contribution in [2.75, 3.05) is 0 Å². The molecule has 2 amide bonds. The molecule has 0 spiro atoms. The van der Waals surface area contributed by atoms with E-state index in [2.05, 4.69) is 15.8 Å². The number of amides is 2. The number of amidine groups is 1. The van der Waals surface area contributed by atoms with E-state index in [4.69, 9.17) is 0 Å². The number of hydrogen-bond acceptors (Lipinski definition) is 4. The summed E-state index contributed by atoms with van der Waals surface area (Å²) >= 11 is 0. The van der Waals surface area contributed by atoms with E-state index in [-0.39, 0.29) is 17.9 Å². The molecule has 2 heterocycles. The van der Waals surface area contributed by atoms with Gasteiger partial charge in [-0.2, -0.15) is 0 Å². The maximum absolute atomic E-state index is 12.5. The fourth-order valence-corrected chi connectivity index (χ4v) is 3.40. The zero-order chi connectivity index (χ0) is 18.6. The van der Waals surface area contributed by atoms with Crippen LogP contribution >= 0.6 is 0 Å². The summed E-state index contributed by atoms with van der Waals surface area (Å²) < 4.78 is 0. The van der Waals surface area contributed by atoms with Gasteiger partial charge < -0.3 is 4.90 Å². The van der Waals surface area contributed by atoms with Crippen LogP contribution in [0.1, 0.15) is 24.0 Å². The average molecular weight is 360 g/mol. The lowest BCUT2D eigenvalue weighted by molar-refractivity contribution is -0.129. The van der Waals surface area contributed by atoms with Gasteiger partial charge in [-0.1, -0.05) is 48.5 Å². The lowest BCUT2D eigenvalue weighted by Crippen LogP contribution is -2.50. The first-order valence-electron chi connectivity index (χ1n) is 8.96. The predicted octanol–water partition coefficient (Wildman–Crippen LogP) is 2.56. The second-order valence-electron chi connectivity index (χ2n) is 6.56. The summed E-state index contributed by atoms with van der Waals surface area (Å²) in [5.41, 5.74) is 7.99. The zero-order valence-electron chi connectivity index (χ0n) is 14.8. The molecule has 2 N–H and O–H groups in total. The number of para-hydroxylation sites is 1. The van der Waals surface area contributed by atoms with Crippen molar-refractivity contribution in [2.45, 2.75) is 25.4 Å². The van der Waals surface area contributed by atoms with E-state index in [0.717, 1.165) is 29.1 Å². The zero-order valence-corrected chi connectivity index (χ0v) is 14.8. The van der Waals surface area contributed by atoms with E-state index >= 15 is 0 Å². The Morgan fingerprint density at radius 2 is 1.81 bits per heavy atom. The van der Waals surface area contributed by atoms with Crippen molar-refractivity contribution in [1.29, 1.82) is 0 Å². The highest BCUT2D eigenvalue weighted by molar-refractivity contribution is 5.97. The van der Waals surface area contributed by atoms with Gasteiger partial charge in [0.1, 0.15) is 11.9 Å². The highest BCUT2D eigenvalue weighted by atomic mass is 16.2. The highest BCUT2D eigenvalue weighted by Gasteiger charge is 2.36. The van der Waals surface area contributed by atoms with Crippen LogP contribution in [0.15, 0.2) is 65.7 Å². The summed E-state index contributed by atoms with van der Waals surface area (Å²) in [6.45, 7) is 0.662. The molecule has 4 rings (SSSR count). The molecular weight excluding hydrogens is 340 g/mol. The second kappa shape index (κ2) is 7.45. The summed E-state index contributed by atoms with van der Waals surface area (Å²) in [5.74, 6) is 0.341. The van der Waals surface area contributed by atoms with Crippen LogP contribution in [0.2, 0.25) is 0 Å². The van der Waals surface area contributed by atoms with Gasteiger partial charge in [0.05, 0.1) is 5.69 Å². The number of carbonyl (C=O) groups is 2. The average Bonchev–Trinajstić information content (AvgIpc) is 3.12. The number of hydrazine groups is 1. The third kappa shape index (κ3) is 3.74. The van der Waals surface area contributed by atoms with Crippen LogP contribution in [0.25, 0.3) is 6.08 Å². The predicted molar refractivity (Wildman–Crippen MR) is 104 cm³/mol. The fraction of sp³-hybridized carbons (Fsp3) is 0.190. The highest BCUT2D eigenvalue weighted by Crippen LogP contribution is 2.32. The number of nitrogens with one attached hydrogen (secondary N) is 2. The molecular formula is C21H20N4O2. The van der Waals surface area contributed by atoms with Crippen LogP contribution in [0.3, 0.4) is 0 Å². The molecule has 1 atom stereocenters. The van der Waals surface area contributed by atoms with E-state index in [1.165, 1.54) is 6.08 Å². The minimum atomic E-state index is -0.372. The third-order valence-electron chi connectivity index (χ3n) is 4.77. The van der Waals surface area contributed by atoms with Gasteiger partial charge >= 0.3 is 0 Å². The van der Waals surface area contributed by atoms with Gasteiger partial charge in [0, 0.05) is 19.0 Å². The number of nitrogens with zero attached hydrogens (tertiary/aromatic N) is 2. The van der Waals surface area contributed by atoms with Crippen molar-refractivity contribution < 1.29 is 9.59 Å². The van der Waals surface area contributed by atoms with Gasteiger partial charge in [-0.25, -0.2) is 4.99 Å². The maximum atomic E-state index is 12.5. The van der Waals surface area contributed by atoms with Gasteiger partial charge in [0.25, 0.3) is 11.8 Å². The summed E-state index contributed by atoms with van der Waals surface area (Å²) in [7, 11) is 0. The Balaban J connectivity index is 1.34. The first-order chi connectivity index (χ1) is 13.2. The molecule has 0 aliphatic carbocycles. The Morgan fingerprint density at radius 3 is 2.67 bits per heavy atom. The lowest BCUT2D eigenvalue weighted by atomic mass is 10.1. The van der Waals surface area contributed by atoms with Crippen molar-refractivity contribution in [3.05, 3.63) is 71.8 Å². The Kier molecular flexibility index (Phi) is 4.70. The summed E-state index contributed by atoms with van der Waals surface area (Å²) in [6.07, 6.45) is 4.54. The van der Waals surface area contributed by atoms with Crippen molar-refractivity contribution in [1.82, 2.24) is 15.8 Å². The number of carbonyl (C=O) groups excluding carboxylic acids is 2. The minimum Gasteiger partial charge on any atom is -0.344 e. The summed E-state index contributed by atoms with van der Waals surface area (Å²) in [6, 6.07) is 17.1. The van der Waals surface area contributed by atoms with Crippen LogP contribution in [-0.4, -0.2) is 28.6 Å².